The zero-order valence-electron chi connectivity index (χ0n) is 12.1. The molecule has 114 valence electrons. The summed E-state index contributed by atoms with van der Waals surface area (Å²) in [4.78, 5) is 25.2. The lowest BCUT2D eigenvalue weighted by molar-refractivity contribution is -0.123. The number of nitrogens with one attached hydrogen (secondary N) is 1. The molecule has 0 bridgehead atoms. The molecular formula is C15H20ClN3O2. The Morgan fingerprint density at radius 3 is 2.67 bits per heavy atom. The van der Waals surface area contributed by atoms with E-state index in [9.17, 15) is 9.59 Å². The van der Waals surface area contributed by atoms with E-state index in [1.54, 1.807) is 12.1 Å². The highest BCUT2D eigenvalue weighted by atomic mass is 35.5. The molecule has 3 N–H and O–H groups in total. The largest absolute Gasteiger partial charge is 0.369 e. The van der Waals surface area contributed by atoms with E-state index in [0.29, 0.717) is 11.6 Å². The average Bonchev–Trinajstić information content (AvgIpc) is 2.43. The molecule has 0 spiro atoms. The van der Waals surface area contributed by atoms with Gasteiger partial charge in [-0.2, -0.15) is 0 Å². The minimum atomic E-state index is -0.242. The summed E-state index contributed by atoms with van der Waals surface area (Å²) >= 11 is 5.93. The molecule has 0 aliphatic carbocycles. The quantitative estimate of drug-likeness (QED) is 0.890. The first-order chi connectivity index (χ1) is 9.95. The Kier molecular flexibility index (Phi) is 5.20. The van der Waals surface area contributed by atoms with Gasteiger partial charge in [-0.3, -0.25) is 14.5 Å². The van der Waals surface area contributed by atoms with Gasteiger partial charge in [0.05, 0.1) is 6.54 Å². The molecule has 0 saturated carbocycles. The summed E-state index contributed by atoms with van der Waals surface area (Å²) in [5.74, 6) is -0.369. The van der Waals surface area contributed by atoms with E-state index in [1.807, 2.05) is 17.9 Å². The van der Waals surface area contributed by atoms with Crippen LogP contribution in [-0.2, 0) is 9.59 Å². The van der Waals surface area contributed by atoms with Gasteiger partial charge in [-0.1, -0.05) is 17.7 Å². The standard InChI is InChI=1S/C15H20ClN3O2/c1-10-2-3-12(16)8-13(10)18-14(20)9-19-6-4-11(5-7-19)15(17)21/h2-3,8,11H,4-7,9H2,1H3,(H2,17,21)(H,18,20). The third-order valence-electron chi connectivity index (χ3n) is 3.83. The number of likely N-dealkylation sites (tertiary alicyclic amines) is 1. The topological polar surface area (TPSA) is 75.4 Å². The number of benzene rings is 1. The van der Waals surface area contributed by atoms with Crippen LogP contribution in [0.1, 0.15) is 18.4 Å². The first-order valence-corrected chi connectivity index (χ1v) is 7.41. The van der Waals surface area contributed by atoms with E-state index in [4.69, 9.17) is 17.3 Å². The van der Waals surface area contributed by atoms with Gasteiger partial charge in [0.1, 0.15) is 0 Å². The number of nitrogens with two attached hydrogens (primary N) is 1. The lowest BCUT2D eigenvalue weighted by Gasteiger charge is -2.29. The predicted molar refractivity (Wildman–Crippen MR) is 83.2 cm³/mol. The Balaban J connectivity index is 1.85. The molecule has 2 rings (SSSR count). The average molecular weight is 310 g/mol. The van der Waals surface area contributed by atoms with Crippen LogP contribution in [-0.4, -0.2) is 36.3 Å². The molecule has 5 nitrogen and oxygen atoms in total. The number of hydrogen-bond acceptors (Lipinski definition) is 3. The Morgan fingerprint density at radius 1 is 1.38 bits per heavy atom. The monoisotopic (exact) mass is 309 g/mol. The van der Waals surface area contributed by atoms with E-state index in [0.717, 1.165) is 37.2 Å². The molecule has 0 unspecified atom stereocenters. The van der Waals surface area contributed by atoms with Gasteiger partial charge < -0.3 is 11.1 Å². The summed E-state index contributed by atoms with van der Waals surface area (Å²) in [6, 6.07) is 5.41. The smallest absolute Gasteiger partial charge is 0.238 e. The van der Waals surface area contributed by atoms with Crippen molar-refractivity contribution < 1.29 is 9.59 Å². The van der Waals surface area contributed by atoms with Gasteiger partial charge in [0.2, 0.25) is 11.8 Å². The molecule has 1 heterocycles. The number of carbonyl (C=O) groups is 2. The van der Waals surface area contributed by atoms with Crippen molar-refractivity contribution in [1.82, 2.24) is 4.90 Å². The maximum atomic E-state index is 12.1. The summed E-state index contributed by atoms with van der Waals surface area (Å²) in [5, 5.41) is 3.47. The Morgan fingerprint density at radius 2 is 2.05 bits per heavy atom. The molecule has 1 aliphatic rings. The highest BCUT2D eigenvalue weighted by molar-refractivity contribution is 6.31. The second kappa shape index (κ2) is 6.91. The van der Waals surface area contributed by atoms with Crippen molar-refractivity contribution in [1.29, 1.82) is 0 Å². The first kappa shape index (κ1) is 15.8. The van der Waals surface area contributed by atoms with Crippen molar-refractivity contribution in [2.75, 3.05) is 25.0 Å². The van der Waals surface area contributed by atoms with E-state index in [-0.39, 0.29) is 17.7 Å². The zero-order valence-corrected chi connectivity index (χ0v) is 12.8. The number of nitrogens with zero attached hydrogens (tertiary/aromatic N) is 1. The highest BCUT2D eigenvalue weighted by Gasteiger charge is 2.24. The van der Waals surface area contributed by atoms with Crippen molar-refractivity contribution in [2.24, 2.45) is 11.7 Å². The second-order valence-corrected chi connectivity index (χ2v) is 5.90. The van der Waals surface area contributed by atoms with E-state index in [1.165, 1.54) is 0 Å². The van der Waals surface area contributed by atoms with E-state index < -0.39 is 0 Å². The number of halogens is 1. The second-order valence-electron chi connectivity index (χ2n) is 5.46. The molecular weight excluding hydrogens is 290 g/mol. The molecule has 1 fully saturated rings. The van der Waals surface area contributed by atoms with Crippen molar-refractivity contribution >= 4 is 29.1 Å². The number of rotatable bonds is 4. The normalized spacial score (nSPS) is 16.7. The molecule has 21 heavy (non-hydrogen) atoms. The first-order valence-electron chi connectivity index (χ1n) is 7.03. The third-order valence-corrected chi connectivity index (χ3v) is 4.07. The van der Waals surface area contributed by atoms with Crippen LogP contribution in [0.15, 0.2) is 18.2 Å². The number of aryl methyl sites for hydroxylation is 1. The Labute approximate surface area is 129 Å². The molecule has 1 aliphatic heterocycles. The number of anilines is 1. The maximum Gasteiger partial charge on any atom is 0.238 e. The molecule has 6 heteroatoms. The van der Waals surface area contributed by atoms with Gasteiger partial charge in [-0.15, -0.1) is 0 Å². The van der Waals surface area contributed by atoms with Crippen molar-refractivity contribution in [3.05, 3.63) is 28.8 Å². The summed E-state index contributed by atoms with van der Waals surface area (Å²) < 4.78 is 0. The lowest BCUT2D eigenvalue weighted by atomic mass is 9.96. The summed E-state index contributed by atoms with van der Waals surface area (Å²) in [6.07, 6.45) is 1.44. The van der Waals surface area contributed by atoms with Gasteiger partial charge in [0.25, 0.3) is 0 Å². The molecule has 1 aromatic carbocycles. The van der Waals surface area contributed by atoms with Crippen LogP contribution in [0.2, 0.25) is 5.02 Å². The highest BCUT2D eigenvalue weighted by Crippen LogP contribution is 2.20. The molecule has 0 radical (unpaired) electrons. The lowest BCUT2D eigenvalue weighted by Crippen LogP contribution is -2.42. The number of amides is 2. The summed E-state index contributed by atoms with van der Waals surface area (Å²) in [5.41, 5.74) is 7.01. The van der Waals surface area contributed by atoms with Crippen LogP contribution in [0.4, 0.5) is 5.69 Å². The number of primary amides is 1. The fourth-order valence-corrected chi connectivity index (χ4v) is 2.67. The minimum absolute atomic E-state index is 0.0560. The molecule has 1 saturated heterocycles. The van der Waals surface area contributed by atoms with Crippen LogP contribution in [0.3, 0.4) is 0 Å². The number of carbonyl (C=O) groups excluding carboxylic acids is 2. The van der Waals surface area contributed by atoms with Crippen molar-refractivity contribution in [3.8, 4) is 0 Å². The van der Waals surface area contributed by atoms with Crippen LogP contribution >= 0.6 is 11.6 Å². The van der Waals surface area contributed by atoms with Gasteiger partial charge in [0, 0.05) is 16.6 Å². The number of hydrogen-bond donors (Lipinski definition) is 2. The number of piperidine rings is 1. The third kappa shape index (κ3) is 4.44. The fourth-order valence-electron chi connectivity index (χ4n) is 2.50. The van der Waals surface area contributed by atoms with Gasteiger partial charge >= 0.3 is 0 Å². The predicted octanol–water partition coefficient (Wildman–Crippen LogP) is 1.78. The molecule has 0 aromatic heterocycles. The van der Waals surface area contributed by atoms with Crippen LogP contribution in [0.5, 0.6) is 0 Å². The van der Waals surface area contributed by atoms with Gasteiger partial charge in [0.15, 0.2) is 0 Å². The van der Waals surface area contributed by atoms with Crippen LogP contribution in [0.25, 0.3) is 0 Å². The maximum absolute atomic E-state index is 12.1. The zero-order chi connectivity index (χ0) is 15.4. The molecule has 1 aromatic rings. The minimum Gasteiger partial charge on any atom is -0.369 e. The van der Waals surface area contributed by atoms with Crippen molar-refractivity contribution in [3.63, 3.8) is 0 Å². The summed E-state index contributed by atoms with van der Waals surface area (Å²) in [6.45, 7) is 3.67. The van der Waals surface area contributed by atoms with E-state index >= 15 is 0 Å². The SMILES string of the molecule is Cc1ccc(Cl)cc1NC(=O)CN1CCC(C(N)=O)CC1. The molecule has 2 amide bonds. The molecule has 0 atom stereocenters. The fraction of sp³-hybridized carbons (Fsp3) is 0.467. The van der Waals surface area contributed by atoms with Gasteiger partial charge in [-0.25, -0.2) is 0 Å². The summed E-state index contributed by atoms with van der Waals surface area (Å²) in [7, 11) is 0. The van der Waals surface area contributed by atoms with Crippen LogP contribution < -0.4 is 11.1 Å². The van der Waals surface area contributed by atoms with Gasteiger partial charge in [-0.05, 0) is 50.6 Å². The van der Waals surface area contributed by atoms with Crippen molar-refractivity contribution in [2.45, 2.75) is 19.8 Å². The Hall–Kier alpha value is -1.59. The van der Waals surface area contributed by atoms with Crippen LogP contribution in [0, 0.1) is 12.8 Å². The van der Waals surface area contributed by atoms with E-state index in [2.05, 4.69) is 5.32 Å². The Bertz CT molecular complexity index is 540.